The van der Waals surface area contributed by atoms with Crippen LogP contribution in [0.1, 0.15) is 39.0 Å². The van der Waals surface area contributed by atoms with Crippen molar-refractivity contribution >= 4 is 5.91 Å². The first-order chi connectivity index (χ1) is 15.2. The molecular weight excluding hydrogens is 388 g/mol. The van der Waals surface area contributed by atoms with Crippen LogP contribution in [0.2, 0.25) is 0 Å². The van der Waals surface area contributed by atoms with E-state index < -0.39 is 6.10 Å². The van der Waals surface area contributed by atoms with E-state index in [1.165, 1.54) is 12.0 Å². The molecule has 5 heteroatoms. The molecule has 1 aliphatic heterocycles. The van der Waals surface area contributed by atoms with Gasteiger partial charge in [-0.3, -0.25) is 4.79 Å². The van der Waals surface area contributed by atoms with Crippen LogP contribution in [0.3, 0.4) is 0 Å². The Morgan fingerprint density at radius 2 is 1.74 bits per heavy atom. The van der Waals surface area contributed by atoms with E-state index >= 15 is 0 Å². The number of β-amino-alcohol motifs (C(OH)–C–C–N with tert-alkyl or cyclic N) is 1. The van der Waals surface area contributed by atoms with Gasteiger partial charge in [0.05, 0.1) is 0 Å². The van der Waals surface area contributed by atoms with E-state index in [0.29, 0.717) is 6.54 Å². The number of ether oxygens (including phenoxy) is 1. The van der Waals surface area contributed by atoms with Crippen molar-refractivity contribution in [3.8, 4) is 16.9 Å². The summed E-state index contributed by atoms with van der Waals surface area (Å²) in [7, 11) is 0. The van der Waals surface area contributed by atoms with E-state index in [4.69, 9.17) is 4.74 Å². The van der Waals surface area contributed by atoms with Gasteiger partial charge in [-0.1, -0.05) is 62.2 Å². The molecule has 1 saturated heterocycles. The highest BCUT2D eigenvalue weighted by molar-refractivity contribution is 5.78. The molecule has 0 aliphatic carbocycles. The van der Waals surface area contributed by atoms with Crippen molar-refractivity contribution in [1.29, 1.82) is 0 Å². The fraction of sp³-hybridized carbons (Fsp3) is 0.500. The van der Waals surface area contributed by atoms with Crippen molar-refractivity contribution in [3.05, 3.63) is 54.6 Å². The van der Waals surface area contributed by atoms with Crippen LogP contribution in [0.5, 0.6) is 5.75 Å². The zero-order valence-corrected chi connectivity index (χ0v) is 18.6. The third-order valence-electron chi connectivity index (χ3n) is 5.91. The quantitative estimate of drug-likeness (QED) is 0.533. The molecule has 5 nitrogen and oxygen atoms in total. The van der Waals surface area contributed by atoms with Gasteiger partial charge in [0, 0.05) is 19.0 Å². The monoisotopic (exact) mass is 424 g/mol. The smallest absolute Gasteiger partial charge is 0.223 e. The Labute approximate surface area is 186 Å². The Kier molecular flexibility index (Phi) is 9.38. The highest BCUT2D eigenvalue weighted by Crippen LogP contribution is 2.22. The lowest BCUT2D eigenvalue weighted by Gasteiger charge is -2.32. The molecule has 0 aromatic heterocycles. The lowest BCUT2D eigenvalue weighted by atomic mass is 9.95. The van der Waals surface area contributed by atoms with Crippen molar-refractivity contribution in [2.75, 3.05) is 32.8 Å². The van der Waals surface area contributed by atoms with Gasteiger partial charge in [-0.15, -0.1) is 0 Å². The number of carbonyl (C=O) groups is 1. The van der Waals surface area contributed by atoms with Crippen molar-refractivity contribution in [2.24, 2.45) is 5.92 Å². The van der Waals surface area contributed by atoms with E-state index in [1.807, 2.05) is 42.5 Å². The number of nitrogens with one attached hydrogen (secondary N) is 1. The second-order valence-corrected chi connectivity index (χ2v) is 8.43. The lowest BCUT2D eigenvalue weighted by molar-refractivity contribution is -0.126. The van der Waals surface area contributed by atoms with Gasteiger partial charge in [0.25, 0.3) is 0 Å². The fourth-order valence-electron chi connectivity index (χ4n) is 4.03. The summed E-state index contributed by atoms with van der Waals surface area (Å²) < 4.78 is 5.78. The normalized spacial score (nSPS) is 16.1. The molecule has 31 heavy (non-hydrogen) atoms. The third-order valence-corrected chi connectivity index (χ3v) is 5.91. The predicted octanol–water partition coefficient (Wildman–Crippen LogP) is 4.11. The molecule has 1 fully saturated rings. The summed E-state index contributed by atoms with van der Waals surface area (Å²) in [4.78, 5) is 14.5. The van der Waals surface area contributed by atoms with Gasteiger partial charge in [0.2, 0.25) is 5.91 Å². The number of amides is 1. The summed E-state index contributed by atoms with van der Waals surface area (Å²) in [5.74, 6) is 1.06. The van der Waals surface area contributed by atoms with E-state index in [1.54, 1.807) is 0 Å². The number of likely N-dealkylation sites (tertiary alicyclic amines) is 1. The van der Waals surface area contributed by atoms with E-state index in [-0.39, 0.29) is 18.4 Å². The second-order valence-electron chi connectivity index (χ2n) is 8.43. The summed E-state index contributed by atoms with van der Waals surface area (Å²) in [6.45, 7) is 5.48. The maximum absolute atomic E-state index is 12.3. The highest BCUT2D eigenvalue weighted by Gasteiger charge is 2.25. The van der Waals surface area contributed by atoms with E-state index in [9.17, 15) is 9.90 Å². The third kappa shape index (κ3) is 7.67. The number of rotatable bonds is 11. The van der Waals surface area contributed by atoms with Crippen molar-refractivity contribution < 1.29 is 14.6 Å². The molecule has 2 aromatic rings. The number of aliphatic hydroxyl groups is 1. The SMILES string of the molecule is CCCCCNC(=O)C1CCN(CC(O)COc2ccc(-c3ccccc3)cc2)CC1. The minimum atomic E-state index is -0.548. The van der Waals surface area contributed by atoms with Gasteiger partial charge < -0.3 is 20.1 Å². The minimum absolute atomic E-state index is 0.106. The molecule has 0 saturated carbocycles. The molecule has 2 aromatic carbocycles. The van der Waals surface area contributed by atoms with Gasteiger partial charge >= 0.3 is 0 Å². The number of carbonyl (C=O) groups excluding carboxylic acids is 1. The Morgan fingerprint density at radius 3 is 2.42 bits per heavy atom. The van der Waals surface area contributed by atoms with E-state index in [0.717, 1.165) is 56.6 Å². The average molecular weight is 425 g/mol. The number of nitrogens with zero attached hydrogens (tertiary/aromatic N) is 1. The van der Waals surface area contributed by atoms with Crippen molar-refractivity contribution in [2.45, 2.75) is 45.1 Å². The summed E-state index contributed by atoms with van der Waals surface area (Å²) in [6.07, 6.45) is 4.55. The minimum Gasteiger partial charge on any atom is -0.491 e. The number of piperidine rings is 1. The number of benzene rings is 2. The summed E-state index contributed by atoms with van der Waals surface area (Å²) in [6, 6.07) is 18.2. The van der Waals surface area contributed by atoms with Crippen LogP contribution in [0, 0.1) is 5.92 Å². The average Bonchev–Trinajstić information content (AvgIpc) is 2.82. The Morgan fingerprint density at radius 1 is 1.06 bits per heavy atom. The Hall–Kier alpha value is -2.37. The standard InChI is InChI=1S/C26H36N2O3/c1-2-3-7-16-27-26(30)23-14-17-28(18-15-23)19-24(29)20-31-25-12-10-22(11-13-25)21-8-5-4-6-9-21/h4-6,8-13,23-24,29H,2-3,7,14-20H2,1H3,(H,27,30). The molecule has 1 aliphatic rings. The number of unbranched alkanes of at least 4 members (excludes halogenated alkanes) is 2. The number of hydrogen-bond acceptors (Lipinski definition) is 4. The highest BCUT2D eigenvalue weighted by atomic mass is 16.5. The summed E-state index contributed by atoms with van der Waals surface area (Å²) in [5, 5.41) is 13.5. The zero-order chi connectivity index (χ0) is 21.9. The summed E-state index contributed by atoms with van der Waals surface area (Å²) >= 11 is 0. The summed E-state index contributed by atoms with van der Waals surface area (Å²) in [5.41, 5.74) is 2.32. The molecule has 0 bridgehead atoms. The van der Waals surface area contributed by atoms with Crippen LogP contribution in [0.4, 0.5) is 0 Å². The van der Waals surface area contributed by atoms with Crippen molar-refractivity contribution in [3.63, 3.8) is 0 Å². The zero-order valence-electron chi connectivity index (χ0n) is 18.6. The van der Waals surface area contributed by atoms with Crippen LogP contribution < -0.4 is 10.1 Å². The molecular formula is C26H36N2O3. The molecule has 1 atom stereocenters. The first-order valence-electron chi connectivity index (χ1n) is 11.6. The van der Waals surface area contributed by atoms with Crippen LogP contribution in [0.25, 0.3) is 11.1 Å². The van der Waals surface area contributed by atoms with Gasteiger partial charge in [-0.2, -0.15) is 0 Å². The van der Waals surface area contributed by atoms with E-state index in [2.05, 4.69) is 29.3 Å². The first-order valence-corrected chi connectivity index (χ1v) is 11.6. The molecule has 168 valence electrons. The van der Waals surface area contributed by atoms with Crippen molar-refractivity contribution in [1.82, 2.24) is 10.2 Å². The number of aliphatic hydroxyl groups excluding tert-OH is 1. The topological polar surface area (TPSA) is 61.8 Å². The second kappa shape index (κ2) is 12.5. The maximum Gasteiger partial charge on any atom is 0.223 e. The van der Waals surface area contributed by atoms with Gasteiger partial charge in [0.1, 0.15) is 18.5 Å². The van der Waals surface area contributed by atoms with Gasteiger partial charge in [-0.25, -0.2) is 0 Å². The van der Waals surface area contributed by atoms with Crippen LogP contribution in [0.15, 0.2) is 54.6 Å². The first kappa shape index (κ1) is 23.3. The van der Waals surface area contributed by atoms with Crippen LogP contribution in [-0.4, -0.2) is 54.8 Å². The maximum atomic E-state index is 12.3. The Balaban J connectivity index is 1.34. The molecule has 3 rings (SSSR count). The molecule has 2 N–H and O–H groups in total. The van der Waals surface area contributed by atoms with Crippen LogP contribution >= 0.6 is 0 Å². The molecule has 1 amide bonds. The lowest BCUT2D eigenvalue weighted by Crippen LogP contribution is -2.44. The molecule has 1 heterocycles. The molecule has 1 unspecified atom stereocenters. The van der Waals surface area contributed by atoms with Gasteiger partial charge in [-0.05, 0) is 55.6 Å². The largest absolute Gasteiger partial charge is 0.491 e. The van der Waals surface area contributed by atoms with Gasteiger partial charge in [0.15, 0.2) is 0 Å². The van der Waals surface area contributed by atoms with Crippen LogP contribution in [-0.2, 0) is 4.79 Å². The Bertz CT molecular complexity index is 771. The molecule has 0 spiro atoms. The number of hydrogen-bond donors (Lipinski definition) is 2. The predicted molar refractivity (Wildman–Crippen MR) is 125 cm³/mol. The fourth-order valence-corrected chi connectivity index (χ4v) is 4.03. The molecule has 0 radical (unpaired) electrons.